The highest BCUT2D eigenvalue weighted by atomic mass is 19.2. The van der Waals surface area contributed by atoms with Gasteiger partial charge in [-0.05, 0) is 49.5 Å². The van der Waals surface area contributed by atoms with E-state index in [-0.39, 0.29) is 0 Å². The monoisotopic (exact) mass is 268 g/mol. The molecular weight excluding hydrogens is 246 g/mol. The Kier molecular flexibility index (Phi) is 4.88. The van der Waals surface area contributed by atoms with Crippen LogP contribution in [-0.2, 0) is 6.54 Å². The summed E-state index contributed by atoms with van der Waals surface area (Å²) in [7, 11) is 0. The first-order chi connectivity index (χ1) is 9.15. The molecule has 0 aliphatic heterocycles. The van der Waals surface area contributed by atoms with Crippen LogP contribution in [0.15, 0.2) is 18.2 Å². The SMILES string of the molecule is CCN(Cc1ccc(F)c(F)c1)C1CCCC1CN. The maximum Gasteiger partial charge on any atom is 0.159 e. The number of hydrogen-bond acceptors (Lipinski definition) is 2. The molecule has 0 radical (unpaired) electrons. The standard InChI is InChI=1S/C15H22F2N2/c1-2-19(15-5-3-4-12(15)9-18)10-11-6-7-13(16)14(17)8-11/h6-8,12,15H,2-5,9-10,18H2,1H3. The largest absolute Gasteiger partial charge is 0.330 e. The minimum Gasteiger partial charge on any atom is -0.330 e. The van der Waals surface area contributed by atoms with Gasteiger partial charge in [0.2, 0.25) is 0 Å². The van der Waals surface area contributed by atoms with Crippen LogP contribution < -0.4 is 5.73 Å². The van der Waals surface area contributed by atoms with Crippen molar-refractivity contribution in [1.29, 1.82) is 0 Å². The molecule has 0 saturated heterocycles. The van der Waals surface area contributed by atoms with Crippen molar-refractivity contribution in [2.75, 3.05) is 13.1 Å². The first-order valence-corrected chi connectivity index (χ1v) is 7.03. The summed E-state index contributed by atoms with van der Waals surface area (Å²) in [6.45, 7) is 4.37. The van der Waals surface area contributed by atoms with Gasteiger partial charge < -0.3 is 5.73 Å². The molecule has 2 nitrogen and oxygen atoms in total. The van der Waals surface area contributed by atoms with Crippen LogP contribution in [0.1, 0.15) is 31.7 Å². The van der Waals surface area contributed by atoms with Crippen molar-refractivity contribution in [2.24, 2.45) is 11.7 Å². The molecule has 1 aliphatic carbocycles. The number of halogens is 2. The van der Waals surface area contributed by atoms with E-state index in [2.05, 4.69) is 11.8 Å². The molecule has 1 aromatic carbocycles. The maximum absolute atomic E-state index is 13.2. The van der Waals surface area contributed by atoms with Crippen molar-refractivity contribution >= 4 is 0 Å². The zero-order valence-corrected chi connectivity index (χ0v) is 11.4. The fourth-order valence-corrected chi connectivity index (χ4v) is 3.11. The summed E-state index contributed by atoms with van der Waals surface area (Å²) in [6.07, 6.45) is 3.54. The first kappa shape index (κ1) is 14.4. The predicted octanol–water partition coefficient (Wildman–Crippen LogP) is 2.91. The lowest BCUT2D eigenvalue weighted by Crippen LogP contribution is -2.39. The zero-order chi connectivity index (χ0) is 13.8. The highest BCUT2D eigenvalue weighted by Crippen LogP contribution is 2.30. The molecule has 0 spiro atoms. The highest BCUT2D eigenvalue weighted by molar-refractivity contribution is 5.17. The van der Waals surface area contributed by atoms with Crippen LogP contribution in [-0.4, -0.2) is 24.0 Å². The van der Waals surface area contributed by atoms with E-state index in [0.29, 0.717) is 25.0 Å². The Hall–Kier alpha value is -1.00. The number of nitrogens with two attached hydrogens (primary N) is 1. The summed E-state index contributed by atoms with van der Waals surface area (Å²) in [5, 5.41) is 0. The van der Waals surface area contributed by atoms with Gasteiger partial charge in [0.05, 0.1) is 0 Å². The normalized spacial score (nSPS) is 23.2. The average molecular weight is 268 g/mol. The molecule has 2 rings (SSSR count). The Bertz CT molecular complexity index is 423. The molecule has 4 heteroatoms. The Morgan fingerprint density at radius 2 is 2.05 bits per heavy atom. The van der Waals surface area contributed by atoms with Crippen molar-refractivity contribution in [3.05, 3.63) is 35.4 Å². The van der Waals surface area contributed by atoms with Crippen molar-refractivity contribution < 1.29 is 8.78 Å². The topological polar surface area (TPSA) is 29.3 Å². The van der Waals surface area contributed by atoms with Gasteiger partial charge in [-0.1, -0.05) is 19.4 Å². The lowest BCUT2D eigenvalue weighted by molar-refractivity contribution is 0.162. The molecule has 2 N–H and O–H groups in total. The molecule has 106 valence electrons. The van der Waals surface area contributed by atoms with E-state index in [9.17, 15) is 8.78 Å². The van der Waals surface area contributed by atoms with Crippen molar-refractivity contribution in [3.8, 4) is 0 Å². The molecule has 1 aliphatic rings. The van der Waals surface area contributed by atoms with Crippen LogP contribution in [0, 0.1) is 17.6 Å². The lowest BCUT2D eigenvalue weighted by atomic mass is 10.0. The van der Waals surface area contributed by atoms with Gasteiger partial charge in [-0.15, -0.1) is 0 Å². The Morgan fingerprint density at radius 1 is 1.26 bits per heavy atom. The summed E-state index contributed by atoms with van der Waals surface area (Å²) >= 11 is 0. The van der Waals surface area contributed by atoms with Crippen LogP contribution in [0.4, 0.5) is 8.78 Å². The molecule has 19 heavy (non-hydrogen) atoms. The first-order valence-electron chi connectivity index (χ1n) is 7.03. The zero-order valence-electron chi connectivity index (χ0n) is 11.4. The van der Waals surface area contributed by atoms with Gasteiger partial charge in [0.1, 0.15) is 0 Å². The second-order valence-corrected chi connectivity index (χ2v) is 5.31. The van der Waals surface area contributed by atoms with E-state index in [1.807, 2.05) is 0 Å². The van der Waals surface area contributed by atoms with E-state index >= 15 is 0 Å². The van der Waals surface area contributed by atoms with Crippen LogP contribution in [0.5, 0.6) is 0 Å². The molecule has 2 atom stereocenters. The summed E-state index contributed by atoms with van der Waals surface area (Å²) in [4.78, 5) is 2.33. The molecule has 1 fully saturated rings. The minimum absolute atomic E-state index is 0.475. The molecule has 1 aromatic rings. The summed E-state index contributed by atoms with van der Waals surface area (Å²) in [5.41, 5.74) is 6.64. The third-order valence-electron chi connectivity index (χ3n) is 4.17. The Labute approximate surface area is 113 Å². The fraction of sp³-hybridized carbons (Fsp3) is 0.600. The van der Waals surface area contributed by atoms with Crippen LogP contribution in [0.25, 0.3) is 0 Å². The molecule has 0 bridgehead atoms. The van der Waals surface area contributed by atoms with Gasteiger partial charge in [0.15, 0.2) is 11.6 Å². The van der Waals surface area contributed by atoms with E-state index in [1.54, 1.807) is 6.07 Å². The van der Waals surface area contributed by atoms with E-state index in [0.717, 1.165) is 18.5 Å². The average Bonchev–Trinajstić information content (AvgIpc) is 2.88. The summed E-state index contributed by atoms with van der Waals surface area (Å²) in [5.74, 6) is -1.02. The number of rotatable bonds is 5. The lowest BCUT2D eigenvalue weighted by Gasteiger charge is -2.31. The van der Waals surface area contributed by atoms with E-state index < -0.39 is 11.6 Å². The fourth-order valence-electron chi connectivity index (χ4n) is 3.11. The van der Waals surface area contributed by atoms with E-state index in [1.165, 1.54) is 25.0 Å². The Morgan fingerprint density at radius 3 is 2.68 bits per heavy atom. The second-order valence-electron chi connectivity index (χ2n) is 5.31. The minimum atomic E-state index is -0.785. The highest BCUT2D eigenvalue weighted by Gasteiger charge is 2.30. The number of benzene rings is 1. The van der Waals surface area contributed by atoms with Gasteiger partial charge in [-0.2, -0.15) is 0 Å². The van der Waals surface area contributed by atoms with Crippen molar-refractivity contribution in [1.82, 2.24) is 4.90 Å². The summed E-state index contributed by atoms with van der Waals surface area (Å²) < 4.78 is 26.2. The third-order valence-corrected chi connectivity index (χ3v) is 4.17. The van der Waals surface area contributed by atoms with Gasteiger partial charge in [-0.25, -0.2) is 8.78 Å². The number of nitrogens with zero attached hydrogens (tertiary/aromatic N) is 1. The quantitative estimate of drug-likeness (QED) is 0.889. The number of hydrogen-bond donors (Lipinski definition) is 1. The maximum atomic E-state index is 13.2. The molecule has 0 aromatic heterocycles. The van der Waals surface area contributed by atoms with Gasteiger partial charge in [0.25, 0.3) is 0 Å². The summed E-state index contributed by atoms with van der Waals surface area (Å²) in [6, 6.07) is 4.63. The van der Waals surface area contributed by atoms with Crippen LogP contribution >= 0.6 is 0 Å². The molecule has 1 saturated carbocycles. The Balaban J connectivity index is 2.08. The van der Waals surface area contributed by atoms with Crippen LogP contribution in [0.2, 0.25) is 0 Å². The van der Waals surface area contributed by atoms with Gasteiger partial charge >= 0.3 is 0 Å². The molecule has 0 amide bonds. The smallest absolute Gasteiger partial charge is 0.159 e. The predicted molar refractivity (Wildman–Crippen MR) is 72.6 cm³/mol. The van der Waals surface area contributed by atoms with Crippen molar-refractivity contribution in [2.45, 2.75) is 38.8 Å². The third kappa shape index (κ3) is 3.31. The van der Waals surface area contributed by atoms with Gasteiger partial charge in [0, 0.05) is 12.6 Å². The van der Waals surface area contributed by atoms with Gasteiger partial charge in [-0.3, -0.25) is 4.90 Å². The molecular formula is C15H22F2N2. The molecule has 2 unspecified atom stereocenters. The van der Waals surface area contributed by atoms with E-state index in [4.69, 9.17) is 5.73 Å². The second kappa shape index (κ2) is 6.44. The van der Waals surface area contributed by atoms with Crippen molar-refractivity contribution in [3.63, 3.8) is 0 Å². The van der Waals surface area contributed by atoms with Crippen LogP contribution in [0.3, 0.4) is 0 Å². The molecule has 0 heterocycles.